The Balaban J connectivity index is 0.993. The largest absolute Gasteiger partial charge is 0.482 e. The van der Waals surface area contributed by atoms with E-state index in [0.717, 1.165) is 44.1 Å². The highest BCUT2D eigenvalue weighted by atomic mass is 35.5. The first-order valence-electron chi connectivity index (χ1n) is 15.9. The van der Waals surface area contributed by atoms with Crippen LogP contribution in [-0.4, -0.2) is 82.4 Å². The van der Waals surface area contributed by atoms with Gasteiger partial charge in [-0.1, -0.05) is 30.2 Å². The van der Waals surface area contributed by atoms with Gasteiger partial charge in [-0.25, -0.2) is 19.6 Å². The number of aromatic nitrogens is 2. The predicted octanol–water partition coefficient (Wildman–Crippen LogP) is 3.01. The number of carbonyl (C=O) groups excluding carboxylic acids is 4. The number of anilines is 2. The van der Waals surface area contributed by atoms with Crippen molar-refractivity contribution in [2.24, 2.45) is 4.99 Å². The van der Waals surface area contributed by atoms with E-state index in [1.54, 1.807) is 12.1 Å². The lowest BCUT2D eigenvalue weighted by atomic mass is 9.86. The molecule has 1 aromatic carbocycles. The van der Waals surface area contributed by atoms with Crippen molar-refractivity contribution < 1.29 is 33.4 Å². The fraction of sp³-hybridized carbons (Fsp3) is 0.531. The Morgan fingerprint density at radius 3 is 2.38 bits per heavy atom. The fourth-order valence-corrected chi connectivity index (χ4v) is 6.19. The summed E-state index contributed by atoms with van der Waals surface area (Å²) in [6.45, 7) is 0.403. The number of halogens is 1. The van der Waals surface area contributed by atoms with Crippen molar-refractivity contribution in [3.05, 3.63) is 40.7 Å². The Hall–Kier alpha value is -4.46. The highest BCUT2D eigenvalue weighted by molar-refractivity contribution is 6.31. The second-order valence-corrected chi connectivity index (χ2v) is 12.5. The van der Waals surface area contributed by atoms with Crippen molar-refractivity contribution in [2.45, 2.75) is 82.3 Å². The molecule has 14 nitrogen and oxygen atoms in total. The molecule has 0 unspecified atom stereocenters. The summed E-state index contributed by atoms with van der Waals surface area (Å²) in [5.74, 6) is -0.828. The van der Waals surface area contributed by atoms with Crippen LogP contribution < -0.4 is 21.5 Å². The van der Waals surface area contributed by atoms with Crippen LogP contribution in [0.3, 0.4) is 0 Å². The van der Waals surface area contributed by atoms with Gasteiger partial charge in [-0.15, -0.1) is 0 Å². The van der Waals surface area contributed by atoms with Crippen LogP contribution in [0.5, 0.6) is 5.75 Å². The smallest absolute Gasteiger partial charge is 0.344 e. The van der Waals surface area contributed by atoms with E-state index in [1.165, 1.54) is 0 Å². The number of amides is 2. The van der Waals surface area contributed by atoms with Gasteiger partial charge in [0.1, 0.15) is 17.7 Å². The molecule has 2 aromatic rings. The lowest BCUT2D eigenvalue weighted by Crippen LogP contribution is -2.45. The summed E-state index contributed by atoms with van der Waals surface area (Å²) < 4.78 is 15.8. The summed E-state index contributed by atoms with van der Waals surface area (Å²) in [5, 5.41) is 2.67. The minimum Gasteiger partial charge on any atom is -0.482 e. The number of nitrogens with zero attached hydrogens (tertiary/aromatic N) is 4. The van der Waals surface area contributed by atoms with Gasteiger partial charge in [0.25, 0.3) is 5.91 Å². The molecule has 2 amide bonds. The van der Waals surface area contributed by atoms with Crippen LogP contribution >= 0.6 is 11.6 Å². The summed E-state index contributed by atoms with van der Waals surface area (Å²) in [4.78, 5) is 64.0. The van der Waals surface area contributed by atoms with Crippen LogP contribution in [0.1, 0.15) is 80.3 Å². The van der Waals surface area contributed by atoms with E-state index < -0.39 is 24.5 Å². The Bertz CT molecular complexity index is 1500. The molecule has 1 spiro atoms. The van der Waals surface area contributed by atoms with Gasteiger partial charge in [0.05, 0.1) is 5.54 Å². The number of nitrogen functional groups attached to an aromatic ring is 2. The molecule has 47 heavy (non-hydrogen) atoms. The zero-order valence-electron chi connectivity index (χ0n) is 26.2. The van der Waals surface area contributed by atoms with Crippen molar-refractivity contribution in [1.29, 1.82) is 0 Å². The molecule has 1 saturated heterocycles. The summed E-state index contributed by atoms with van der Waals surface area (Å²) in [5.41, 5.74) is 11.9. The highest BCUT2D eigenvalue weighted by Gasteiger charge is 2.39. The van der Waals surface area contributed by atoms with Gasteiger partial charge >= 0.3 is 11.9 Å². The van der Waals surface area contributed by atoms with E-state index >= 15 is 0 Å². The number of esters is 2. The van der Waals surface area contributed by atoms with Gasteiger partial charge in [-0.05, 0) is 69.1 Å². The van der Waals surface area contributed by atoms with Crippen LogP contribution in [-0.2, 0) is 30.3 Å². The molecular weight excluding hydrogens is 630 g/mol. The Labute approximate surface area is 277 Å². The number of amidine groups is 1. The van der Waals surface area contributed by atoms with Crippen molar-refractivity contribution in [1.82, 2.24) is 20.2 Å². The van der Waals surface area contributed by atoms with Gasteiger partial charge in [-0.2, -0.15) is 0 Å². The second kappa shape index (κ2) is 15.4. The SMILES string of the molecule is Nc1nc(N)c(C(=O)NC2=NC3(CC2)CCN(C(=O)CCc2ccc(OCC(=O)OCC(=O)OC4CCCCC4)cc2)CC3)nc1Cl. The summed E-state index contributed by atoms with van der Waals surface area (Å²) in [6, 6.07) is 7.15. The Morgan fingerprint density at radius 1 is 0.936 bits per heavy atom. The predicted molar refractivity (Wildman–Crippen MR) is 173 cm³/mol. The summed E-state index contributed by atoms with van der Waals surface area (Å²) >= 11 is 5.90. The third-order valence-electron chi connectivity index (χ3n) is 8.73. The molecule has 5 N–H and O–H groups in total. The average molecular weight is 670 g/mol. The number of aryl methyl sites for hydroxylation is 1. The third-order valence-corrected chi connectivity index (χ3v) is 9.01. The van der Waals surface area contributed by atoms with E-state index in [0.29, 0.717) is 56.8 Å². The van der Waals surface area contributed by atoms with E-state index in [-0.39, 0.29) is 46.6 Å². The number of likely N-dealkylation sites (tertiary alicyclic amines) is 1. The molecule has 1 saturated carbocycles. The van der Waals surface area contributed by atoms with Gasteiger partial charge in [-0.3, -0.25) is 14.6 Å². The lowest BCUT2D eigenvalue weighted by molar-refractivity contribution is -0.164. The maximum Gasteiger partial charge on any atom is 0.344 e. The monoisotopic (exact) mass is 669 g/mol. The molecule has 3 heterocycles. The summed E-state index contributed by atoms with van der Waals surface area (Å²) in [6.07, 6.45) is 8.52. The lowest BCUT2D eigenvalue weighted by Gasteiger charge is -2.37. The van der Waals surface area contributed by atoms with Crippen molar-refractivity contribution in [3.63, 3.8) is 0 Å². The molecule has 1 aromatic heterocycles. The van der Waals surface area contributed by atoms with Crippen molar-refractivity contribution in [2.75, 3.05) is 37.8 Å². The Kier molecular flexibility index (Phi) is 11.1. The summed E-state index contributed by atoms with van der Waals surface area (Å²) in [7, 11) is 0. The highest BCUT2D eigenvalue weighted by Crippen LogP contribution is 2.36. The zero-order valence-corrected chi connectivity index (χ0v) is 26.9. The standard InChI is InChI=1S/C32H40ClN7O7/c33-28-30(35)38-29(34)27(37-28)31(44)36-23-12-13-32(39-23)14-16-40(17-15-32)24(41)11-8-20-6-9-21(10-7-20)45-18-25(42)46-19-26(43)47-22-4-2-1-3-5-22/h6-7,9-10,22H,1-5,8,11-19H2,(H4,34,35,38)(H,36,39,44). The number of piperidine rings is 1. The molecule has 15 heteroatoms. The number of nitrogens with two attached hydrogens (primary N) is 2. The van der Waals surface area contributed by atoms with Crippen molar-refractivity contribution >= 4 is 52.8 Å². The van der Waals surface area contributed by atoms with Crippen LogP contribution in [0.2, 0.25) is 5.15 Å². The maximum absolute atomic E-state index is 13.0. The molecular formula is C32H40ClN7O7. The molecule has 0 atom stereocenters. The number of hydrogen-bond donors (Lipinski definition) is 3. The third kappa shape index (κ3) is 9.31. The van der Waals surface area contributed by atoms with E-state index in [4.69, 9.17) is 42.3 Å². The molecule has 0 radical (unpaired) electrons. The van der Waals surface area contributed by atoms with E-state index in [2.05, 4.69) is 15.3 Å². The fourth-order valence-electron chi connectivity index (χ4n) is 6.06. The van der Waals surface area contributed by atoms with Gasteiger partial charge in [0.2, 0.25) is 5.91 Å². The number of hydrogen-bond acceptors (Lipinski definition) is 12. The van der Waals surface area contributed by atoms with Gasteiger partial charge in [0, 0.05) is 25.9 Å². The minimum atomic E-state index is -0.656. The number of rotatable bonds is 10. The van der Waals surface area contributed by atoms with Crippen LogP contribution in [0.25, 0.3) is 0 Å². The molecule has 3 aliphatic rings. The maximum atomic E-state index is 13.0. The molecule has 1 aliphatic carbocycles. The van der Waals surface area contributed by atoms with Crippen molar-refractivity contribution in [3.8, 4) is 5.75 Å². The second-order valence-electron chi connectivity index (χ2n) is 12.1. The normalized spacial score (nSPS) is 17.6. The zero-order chi connectivity index (χ0) is 33.4. The van der Waals surface area contributed by atoms with E-state index in [1.807, 2.05) is 17.0 Å². The number of aliphatic imine (C=N–C) groups is 1. The number of benzene rings is 1. The number of nitrogens with one attached hydrogen (secondary N) is 1. The topological polar surface area (TPSA) is 201 Å². The molecule has 5 rings (SSSR count). The quantitative estimate of drug-likeness (QED) is 0.314. The van der Waals surface area contributed by atoms with E-state index in [9.17, 15) is 19.2 Å². The number of carbonyl (C=O) groups is 4. The van der Waals surface area contributed by atoms with Gasteiger partial charge in [0.15, 0.2) is 35.7 Å². The van der Waals surface area contributed by atoms with Gasteiger partial charge < -0.3 is 35.9 Å². The first-order chi connectivity index (χ1) is 22.6. The molecule has 252 valence electrons. The first kappa shape index (κ1) is 33.9. The van der Waals surface area contributed by atoms with Crippen LogP contribution in [0, 0.1) is 0 Å². The molecule has 2 fully saturated rings. The van der Waals surface area contributed by atoms with Crippen LogP contribution in [0.4, 0.5) is 11.6 Å². The Morgan fingerprint density at radius 2 is 1.66 bits per heavy atom. The minimum absolute atomic E-state index is 0.0507. The average Bonchev–Trinajstić information content (AvgIpc) is 3.45. The number of ether oxygens (including phenoxy) is 3. The molecule has 0 bridgehead atoms. The van der Waals surface area contributed by atoms with Crippen LogP contribution in [0.15, 0.2) is 29.3 Å². The first-order valence-corrected chi connectivity index (χ1v) is 16.3. The molecule has 2 aliphatic heterocycles.